The lowest BCUT2D eigenvalue weighted by atomic mass is 10.1. The van der Waals surface area contributed by atoms with E-state index < -0.39 is 0 Å². The molecule has 0 saturated heterocycles. The molecule has 20 heavy (non-hydrogen) atoms. The van der Waals surface area contributed by atoms with E-state index in [9.17, 15) is 10.1 Å². The van der Waals surface area contributed by atoms with Gasteiger partial charge in [-0.05, 0) is 25.5 Å². The van der Waals surface area contributed by atoms with Gasteiger partial charge in [-0.1, -0.05) is 12.1 Å². The molecule has 0 aliphatic heterocycles. The standard InChI is InChI=1S/C13H16N4O3/c1-4-11(13-14-9(3)20-16-13)15-10-5-6-12(17(18)19)8(2)7-10/h5-7,11,15H,4H2,1-3H3. The number of nitrogens with zero attached hydrogens (tertiary/aromatic N) is 3. The number of nitro groups is 1. The van der Waals surface area contributed by atoms with Crippen LogP contribution >= 0.6 is 0 Å². The van der Waals surface area contributed by atoms with Gasteiger partial charge in [0.2, 0.25) is 5.89 Å². The van der Waals surface area contributed by atoms with Crippen LogP contribution in [0.4, 0.5) is 11.4 Å². The molecule has 2 rings (SSSR count). The Balaban J connectivity index is 2.20. The molecule has 1 N–H and O–H groups in total. The van der Waals surface area contributed by atoms with Crippen LogP contribution in [0.25, 0.3) is 0 Å². The normalized spacial score (nSPS) is 12.2. The highest BCUT2D eigenvalue weighted by Gasteiger charge is 2.17. The lowest BCUT2D eigenvalue weighted by molar-refractivity contribution is -0.385. The Bertz CT molecular complexity index is 624. The number of aromatic nitrogens is 2. The molecule has 1 unspecified atom stereocenters. The number of nitrogens with one attached hydrogen (secondary N) is 1. The SMILES string of the molecule is CCC(Nc1ccc([N+](=O)[O-])c(C)c1)c1noc(C)n1. The highest BCUT2D eigenvalue weighted by molar-refractivity contribution is 5.54. The summed E-state index contributed by atoms with van der Waals surface area (Å²) in [5.74, 6) is 1.10. The number of hydrogen-bond donors (Lipinski definition) is 1. The quantitative estimate of drug-likeness (QED) is 0.665. The van der Waals surface area contributed by atoms with Gasteiger partial charge in [0.25, 0.3) is 5.69 Å². The summed E-state index contributed by atoms with van der Waals surface area (Å²) < 4.78 is 4.97. The van der Waals surface area contributed by atoms with Crippen LogP contribution in [0.3, 0.4) is 0 Å². The number of aryl methyl sites for hydroxylation is 2. The van der Waals surface area contributed by atoms with Gasteiger partial charge in [0.05, 0.1) is 11.0 Å². The fraction of sp³-hybridized carbons (Fsp3) is 0.385. The number of benzene rings is 1. The molecule has 0 fully saturated rings. The second kappa shape index (κ2) is 5.68. The molecule has 1 heterocycles. The fourth-order valence-electron chi connectivity index (χ4n) is 1.96. The summed E-state index contributed by atoms with van der Waals surface area (Å²) in [4.78, 5) is 14.6. The van der Waals surface area contributed by atoms with Gasteiger partial charge in [0, 0.05) is 24.2 Å². The summed E-state index contributed by atoms with van der Waals surface area (Å²) in [5.41, 5.74) is 1.51. The number of anilines is 1. The Hall–Kier alpha value is -2.44. The first-order valence-electron chi connectivity index (χ1n) is 6.33. The van der Waals surface area contributed by atoms with Crippen molar-refractivity contribution in [1.82, 2.24) is 10.1 Å². The van der Waals surface area contributed by atoms with Gasteiger partial charge in [0.1, 0.15) is 0 Å². The van der Waals surface area contributed by atoms with Crippen LogP contribution in [-0.4, -0.2) is 15.1 Å². The molecule has 0 aliphatic rings. The maximum absolute atomic E-state index is 10.8. The van der Waals surface area contributed by atoms with Crippen molar-refractivity contribution in [3.8, 4) is 0 Å². The number of hydrogen-bond acceptors (Lipinski definition) is 6. The maximum Gasteiger partial charge on any atom is 0.272 e. The second-order valence-electron chi connectivity index (χ2n) is 4.54. The van der Waals surface area contributed by atoms with Gasteiger partial charge in [0.15, 0.2) is 5.82 Å². The van der Waals surface area contributed by atoms with Crippen LogP contribution in [0, 0.1) is 24.0 Å². The average Bonchev–Trinajstić information content (AvgIpc) is 2.82. The van der Waals surface area contributed by atoms with Crippen LogP contribution < -0.4 is 5.32 Å². The summed E-state index contributed by atoms with van der Waals surface area (Å²) in [5, 5.41) is 17.9. The van der Waals surface area contributed by atoms with E-state index >= 15 is 0 Å². The lowest BCUT2D eigenvalue weighted by Crippen LogP contribution is -2.11. The first-order chi connectivity index (χ1) is 9.51. The van der Waals surface area contributed by atoms with Crippen molar-refractivity contribution in [3.05, 3.63) is 45.6 Å². The molecule has 7 heteroatoms. The van der Waals surface area contributed by atoms with Gasteiger partial charge in [-0.15, -0.1) is 0 Å². The molecule has 0 aliphatic carbocycles. The molecule has 0 spiro atoms. The van der Waals surface area contributed by atoms with Crippen LogP contribution in [0.5, 0.6) is 0 Å². The van der Waals surface area contributed by atoms with Crippen molar-refractivity contribution in [3.63, 3.8) is 0 Å². The van der Waals surface area contributed by atoms with Crippen LogP contribution in [0.2, 0.25) is 0 Å². The molecule has 106 valence electrons. The van der Waals surface area contributed by atoms with Crippen LogP contribution in [0.15, 0.2) is 22.7 Å². The van der Waals surface area contributed by atoms with Gasteiger partial charge in [-0.25, -0.2) is 0 Å². The highest BCUT2D eigenvalue weighted by Crippen LogP contribution is 2.25. The minimum absolute atomic E-state index is 0.0895. The van der Waals surface area contributed by atoms with E-state index in [-0.39, 0.29) is 16.7 Å². The first kappa shape index (κ1) is 14.0. The predicted octanol–water partition coefficient (Wildman–Crippen LogP) is 3.16. The van der Waals surface area contributed by atoms with Crippen LogP contribution in [-0.2, 0) is 0 Å². The lowest BCUT2D eigenvalue weighted by Gasteiger charge is -2.15. The summed E-state index contributed by atoms with van der Waals surface area (Å²) in [7, 11) is 0. The van der Waals surface area contributed by atoms with Crippen molar-refractivity contribution in [2.75, 3.05) is 5.32 Å². The molecule has 0 bridgehead atoms. The fourth-order valence-corrected chi connectivity index (χ4v) is 1.96. The van der Waals surface area contributed by atoms with Crippen molar-refractivity contribution >= 4 is 11.4 Å². The first-order valence-corrected chi connectivity index (χ1v) is 6.33. The summed E-state index contributed by atoms with van der Waals surface area (Å²) in [6, 6.07) is 4.83. The zero-order chi connectivity index (χ0) is 14.7. The Kier molecular flexibility index (Phi) is 3.97. The third-order valence-corrected chi connectivity index (χ3v) is 3.00. The Morgan fingerprint density at radius 2 is 2.20 bits per heavy atom. The molecule has 1 atom stereocenters. The van der Waals surface area contributed by atoms with Gasteiger partial charge in [-0.2, -0.15) is 4.98 Å². The number of rotatable bonds is 5. The Labute approximate surface area is 116 Å². The van der Waals surface area contributed by atoms with Gasteiger partial charge in [-0.3, -0.25) is 10.1 Å². The van der Waals surface area contributed by atoms with E-state index in [4.69, 9.17) is 4.52 Å². The molecule has 1 aromatic heterocycles. The van der Waals surface area contributed by atoms with E-state index in [1.807, 2.05) is 6.92 Å². The monoisotopic (exact) mass is 276 g/mol. The molecule has 0 saturated carbocycles. The van der Waals surface area contributed by atoms with Gasteiger partial charge >= 0.3 is 0 Å². The van der Waals surface area contributed by atoms with Crippen molar-refractivity contribution in [1.29, 1.82) is 0 Å². The molecule has 2 aromatic rings. The third-order valence-electron chi connectivity index (χ3n) is 3.00. The highest BCUT2D eigenvalue weighted by atomic mass is 16.6. The third kappa shape index (κ3) is 2.93. The van der Waals surface area contributed by atoms with E-state index in [0.29, 0.717) is 17.3 Å². The zero-order valence-electron chi connectivity index (χ0n) is 11.6. The number of nitro benzene ring substituents is 1. The Morgan fingerprint density at radius 1 is 1.45 bits per heavy atom. The predicted molar refractivity (Wildman–Crippen MR) is 73.5 cm³/mol. The second-order valence-corrected chi connectivity index (χ2v) is 4.54. The molecular weight excluding hydrogens is 260 g/mol. The molecule has 1 aromatic carbocycles. The molecule has 7 nitrogen and oxygen atoms in total. The molecule has 0 radical (unpaired) electrons. The van der Waals surface area contributed by atoms with Crippen LogP contribution in [0.1, 0.15) is 36.7 Å². The van der Waals surface area contributed by atoms with E-state index in [0.717, 1.165) is 12.1 Å². The largest absolute Gasteiger partial charge is 0.375 e. The maximum atomic E-state index is 10.8. The molecular formula is C13H16N4O3. The van der Waals surface area contributed by atoms with Crippen molar-refractivity contribution in [2.24, 2.45) is 0 Å². The van der Waals surface area contributed by atoms with Crippen molar-refractivity contribution in [2.45, 2.75) is 33.2 Å². The Morgan fingerprint density at radius 3 is 2.70 bits per heavy atom. The summed E-state index contributed by atoms with van der Waals surface area (Å²) in [6.07, 6.45) is 0.773. The van der Waals surface area contributed by atoms with E-state index in [1.54, 1.807) is 26.0 Å². The van der Waals surface area contributed by atoms with Gasteiger partial charge < -0.3 is 9.84 Å². The smallest absolute Gasteiger partial charge is 0.272 e. The average molecular weight is 276 g/mol. The van der Waals surface area contributed by atoms with Crippen molar-refractivity contribution < 1.29 is 9.45 Å². The topological polar surface area (TPSA) is 94.1 Å². The minimum Gasteiger partial charge on any atom is -0.375 e. The van der Waals surface area contributed by atoms with E-state index in [1.165, 1.54) is 6.07 Å². The van der Waals surface area contributed by atoms with E-state index in [2.05, 4.69) is 15.5 Å². The zero-order valence-corrected chi connectivity index (χ0v) is 11.6. The molecule has 0 amide bonds. The summed E-state index contributed by atoms with van der Waals surface area (Å²) >= 11 is 0. The minimum atomic E-state index is -0.390. The summed E-state index contributed by atoms with van der Waals surface area (Å²) in [6.45, 7) is 5.45.